The highest BCUT2D eigenvalue weighted by Gasteiger charge is 2.25. The third-order valence-corrected chi connectivity index (χ3v) is 4.18. The largest absolute Gasteiger partial charge is 0.329 e. The Bertz CT molecular complexity index is 405. The molecule has 2 nitrogen and oxygen atoms in total. The van der Waals surface area contributed by atoms with E-state index in [2.05, 4.69) is 24.8 Å². The third kappa shape index (κ3) is 3.05. The standard InChI is InChI=1S/C15H23ClN2/c1-11-4-3-7-18(10-11)15(9-17)14-6-5-13(16)8-12(14)2/h5-6,8,11,15H,3-4,7,9-10,17H2,1-2H3. The monoisotopic (exact) mass is 266 g/mol. The molecule has 0 spiro atoms. The van der Waals surface area contributed by atoms with Crippen LogP contribution in [-0.2, 0) is 0 Å². The van der Waals surface area contributed by atoms with Crippen LogP contribution in [0.15, 0.2) is 18.2 Å². The van der Waals surface area contributed by atoms with Crippen LogP contribution in [0, 0.1) is 12.8 Å². The molecule has 2 atom stereocenters. The molecule has 2 unspecified atom stereocenters. The highest BCUT2D eigenvalue weighted by atomic mass is 35.5. The molecular formula is C15H23ClN2. The van der Waals surface area contributed by atoms with Crippen molar-refractivity contribution >= 4 is 11.6 Å². The normalized spacial score (nSPS) is 23.0. The number of benzene rings is 1. The third-order valence-electron chi connectivity index (χ3n) is 3.94. The molecule has 0 aliphatic carbocycles. The van der Waals surface area contributed by atoms with Crippen LogP contribution in [0.5, 0.6) is 0 Å². The van der Waals surface area contributed by atoms with Gasteiger partial charge >= 0.3 is 0 Å². The summed E-state index contributed by atoms with van der Waals surface area (Å²) < 4.78 is 0. The lowest BCUT2D eigenvalue weighted by atomic mass is 9.94. The lowest BCUT2D eigenvalue weighted by Crippen LogP contribution is -2.40. The smallest absolute Gasteiger partial charge is 0.0473 e. The molecule has 1 aromatic carbocycles. The summed E-state index contributed by atoms with van der Waals surface area (Å²) in [6, 6.07) is 6.48. The molecule has 1 saturated heterocycles. The molecular weight excluding hydrogens is 244 g/mol. The number of aryl methyl sites for hydroxylation is 1. The zero-order chi connectivity index (χ0) is 13.1. The number of piperidine rings is 1. The van der Waals surface area contributed by atoms with Crippen molar-refractivity contribution in [1.82, 2.24) is 4.90 Å². The zero-order valence-electron chi connectivity index (χ0n) is 11.3. The maximum absolute atomic E-state index is 6.03. The average molecular weight is 267 g/mol. The van der Waals surface area contributed by atoms with Gasteiger partial charge in [0.1, 0.15) is 0 Å². The van der Waals surface area contributed by atoms with Crippen molar-refractivity contribution in [3.63, 3.8) is 0 Å². The number of nitrogens with two attached hydrogens (primary N) is 1. The molecule has 100 valence electrons. The average Bonchev–Trinajstić information content (AvgIpc) is 2.33. The van der Waals surface area contributed by atoms with Crippen molar-refractivity contribution in [1.29, 1.82) is 0 Å². The van der Waals surface area contributed by atoms with Crippen LogP contribution in [0.2, 0.25) is 5.02 Å². The van der Waals surface area contributed by atoms with Crippen LogP contribution in [0.4, 0.5) is 0 Å². The quantitative estimate of drug-likeness (QED) is 0.909. The SMILES string of the molecule is Cc1cc(Cl)ccc1C(CN)N1CCCC(C)C1. The summed E-state index contributed by atoms with van der Waals surface area (Å²) in [5.74, 6) is 0.778. The highest BCUT2D eigenvalue weighted by molar-refractivity contribution is 6.30. The summed E-state index contributed by atoms with van der Waals surface area (Å²) >= 11 is 6.03. The fourth-order valence-corrected chi connectivity index (χ4v) is 3.22. The lowest BCUT2D eigenvalue weighted by molar-refractivity contribution is 0.133. The minimum Gasteiger partial charge on any atom is -0.329 e. The summed E-state index contributed by atoms with van der Waals surface area (Å²) in [6.45, 7) is 7.44. The van der Waals surface area contributed by atoms with E-state index in [1.165, 1.54) is 24.0 Å². The molecule has 0 aromatic heterocycles. The fraction of sp³-hybridized carbons (Fsp3) is 0.600. The molecule has 0 amide bonds. The number of likely N-dealkylation sites (tertiary alicyclic amines) is 1. The summed E-state index contributed by atoms with van der Waals surface area (Å²) in [6.07, 6.45) is 2.62. The van der Waals surface area contributed by atoms with Gasteiger partial charge in [-0.15, -0.1) is 0 Å². The van der Waals surface area contributed by atoms with Crippen molar-refractivity contribution < 1.29 is 0 Å². The zero-order valence-corrected chi connectivity index (χ0v) is 12.1. The van der Waals surface area contributed by atoms with Gasteiger partial charge in [-0.25, -0.2) is 0 Å². The van der Waals surface area contributed by atoms with Gasteiger partial charge in [0.05, 0.1) is 0 Å². The first-order valence-electron chi connectivity index (χ1n) is 6.82. The molecule has 2 N–H and O–H groups in total. The van der Waals surface area contributed by atoms with Crippen LogP contribution >= 0.6 is 11.6 Å². The molecule has 18 heavy (non-hydrogen) atoms. The van der Waals surface area contributed by atoms with E-state index in [4.69, 9.17) is 17.3 Å². The number of rotatable bonds is 3. The highest BCUT2D eigenvalue weighted by Crippen LogP contribution is 2.29. The second kappa shape index (κ2) is 6.05. The second-order valence-corrected chi connectivity index (χ2v) is 5.93. The van der Waals surface area contributed by atoms with Gasteiger partial charge in [-0.1, -0.05) is 24.6 Å². The lowest BCUT2D eigenvalue weighted by Gasteiger charge is -2.37. The van der Waals surface area contributed by atoms with E-state index in [-0.39, 0.29) is 0 Å². The van der Waals surface area contributed by atoms with E-state index in [9.17, 15) is 0 Å². The first-order chi connectivity index (χ1) is 8.61. The van der Waals surface area contributed by atoms with E-state index < -0.39 is 0 Å². The van der Waals surface area contributed by atoms with Gasteiger partial charge in [0.2, 0.25) is 0 Å². The van der Waals surface area contributed by atoms with Crippen molar-refractivity contribution in [3.05, 3.63) is 34.3 Å². The van der Waals surface area contributed by atoms with E-state index in [1.54, 1.807) is 0 Å². The van der Waals surface area contributed by atoms with E-state index in [1.807, 2.05) is 12.1 Å². The first-order valence-corrected chi connectivity index (χ1v) is 7.19. The van der Waals surface area contributed by atoms with Crippen LogP contribution in [0.3, 0.4) is 0 Å². The van der Waals surface area contributed by atoms with Gasteiger partial charge in [0.25, 0.3) is 0 Å². The maximum atomic E-state index is 6.03. The Morgan fingerprint density at radius 1 is 1.50 bits per heavy atom. The van der Waals surface area contributed by atoms with Crippen LogP contribution in [0.25, 0.3) is 0 Å². The Hall–Kier alpha value is -0.570. The Morgan fingerprint density at radius 2 is 2.28 bits per heavy atom. The Labute approximate surface area is 115 Å². The Kier molecular flexibility index (Phi) is 4.66. The predicted molar refractivity (Wildman–Crippen MR) is 78.0 cm³/mol. The molecule has 1 heterocycles. The summed E-state index contributed by atoms with van der Waals surface area (Å²) in [7, 11) is 0. The van der Waals surface area contributed by atoms with Crippen LogP contribution in [-0.4, -0.2) is 24.5 Å². The van der Waals surface area contributed by atoms with Crippen molar-refractivity contribution in [2.45, 2.75) is 32.7 Å². The number of hydrogen-bond acceptors (Lipinski definition) is 2. The Balaban J connectivity index is 2.21. The van der Waals surface area contributed by atoms with E-state index in [0.717, 1.165) is 24.0 Å². The second-order valence-electron chi connectivity index (χ2n) is 5.49. The van der Waals surface area contributed by atoms with Gasteiger partial charge in [-0.05, 0) is 55.5 Å². The van der Waals surface area contributed by atoms with Crippen molar-refractivity contribution in [3.8, 4) is 0 Å². The van der Waals surface area contributed by atoms with E-state index in [0.29, 0.717) is 12.6 Å². The summed E-state index contributed by atoms with van der Waals surface area (Å²) in [4.78, 5) is 2.53. The molecule has 0 radical (unpaired) electrons. The van der Waals surface area contributed by atoms with Crippen molar-refractivity contribution in [2.24, 2.45) is 11.7 Å². The van der Waals surface area contributed by atoms with Gasteiger partial charge in [-0.3, -0.25) is 4.90 Å². The molecule has 0 bridgehead atoms. The molecule has 3 heteroatoms. The molecule has 1 aromatic rings. The van der Waals surface area contributed by atoms with E-state index >= 15 is 0 Å². The number of halogens is 1. The summed E-state index contributed by atoms with van der Waals surface area (Å²) in [5.41, 5.74) is 8.59. The van der Waals surface area contributed by atoms with Crippen LogP contribution < -0.4 is 5.73 Å². The van der Waals surface area contributed by atoms with Gasteiger partial charge < -0.3 is 5.73 Å². The maximum Gasteiger partial charge on any atom is 0.0473 e. The first kappa shape index (κ1) is 13.9. The van der Waals surface area contributed by atoms with Gasteiger partial charge in [-0.2, -0.15) is 0 Å². The fourth-order valence-electron chi connectivity index (χ4n) is 2.99. The number of hydrogen-bond donors (Lipinski definition) is 1. The topological polar surface area (TPSA) is 29.3 Å². The predicted octanol–water partition coefficient (Wildman–Crippen LogP) is 3.38. The molecule has 2 rings (SSSR count). The van der Waals surface area contributed by atoms with Gasteiger partial charge in [0.15, 0.2) is 0 Å². The Morgan fingerprint density at radius 3 is 2.89 bits per heavy atom. The summed E-state index contributed by atoms with van der Waals surface area (Å²) in [5, 5.41) is 0.805. The molecule has 1 aliphatic heterocycles. The molecule has 0 saturated carbocycles. The molecule has 1 fully saturated rings. The minimum absolute atomic E-state index is 0.338. The van der Waals surface area contributed by atoms with Crippen LogP contribution in [0.1, 0.15) is 36.9 Å². The number of nitrogens with zero attached hydrogens (tertiary/aromatic N) is 1. The van der Waals surface area contributed by atoms with Crippen molar-refractivity contribution in [2.75, 3.05) is 19.6 Å². The minimum atomic E-state index is 0.338. The molecule has 1 aliphatic rings. The van der Waals surface area contributed by atoms with Gasteiger partial charge in [0, 0.05) is 24.2 Å².